The number of hydrogen-bond donors (Lipinski definition) is 0. The van der Waals surface area contributed by atoms with Crippen LogP contribution in [0.25, 0.3) is 0 Å². The lowest BCUT2D eigenvalue weighted by molar-refractivity contribution is 0.0600. The van der Waals surface area contributed by atoms with Crippen molar-refractivity contribution in [3.8, 4) is 0 Å². The Labute approximate surface area is 123 Å². The monoisotopic (exact) mass is 289 g/mol. The number of piperazine rings is 1. The van der Waals surface area contributed by atoms with Gasteiger partial charge in [0.15, 0.2) is 5.76 Å². The second kappa shape index (κ2) is 6.09. The van der Waals surface area contributed by atoms with Gasteiger partial charge in [-0.2, -0.15) is 5.10 Å². The van der Waals surface area contributed by atoms with E-state index in [2.05, 4.69) is 15.0 Å². The third-order valence-electron chi connectivity index (χ3n) is 3.83. The van der Waals surface area contributed by atoms with Crippen molar-refractivity contribution >= 4 is 5.91 Å². The van der Waals surface area contributed by atoms with Gasteiger partial charge in [0.1, 0.15) is 12.7 Å². The van der Waals surface area contributed by atoms with Crippen LogP contribution in [0.15, 0.2) is 29.4 Å². The number of nitrogens with zero attached hydrogens (tertiary/aromatic N) is 5. The minimum absolute atomic E-state index is 0.00609. The molecule has 1 aliphatic rings. The van der Waals surface area contributed by atoms with Crippen molar-refractivity contribution in [1.82, 2.24) is 24.6 Å². The Balaban J connectivity index is 1.49. The van der Waals surface area contributed by atoms with Gasteiger partial charge in [-0.15, -0.1) is 0 Å². The zero-order valence-corrected chi connectivity index (χ0v) is 12.1. The van der Waals surface area contributed by atoms with Gasteiger partial charge in [-0.25, -0.2) is 4.98 Å². The minimum Gasteiger partial charge on any atom is -0.459 e. The highest BCUT2D eigenvalue weighted by atomic mass is 16.3. The van der Waals surface area contributed by atoms with Gasteiger partial charge < -0.3 is 9.32 Å². The first-order valence-electron chi connectivity index (χ1n) is 7.12. The number of hydrogen-bond acceptors (Lipinski definition) is 5. The van der Waals surface area contributed by atoms with Gasteiger partial charge in [-0.05, 0) is 13.0 Å². The number of amides is 1. The van der Waals surface area contributed by atoms with Crippen molar-refractivity contribution in [3.63, 3.8) is 0 Å². The standard InChI is InChI=1S/C14H19N5O2/c1-12-2-9-21-13(12)14(20)18-6-3-17(4-7-18)5-8-19-11-15-10-16-19/h2,9-11H,3-8H2,1H3. The molecule has 3 rings (SSSR count). The maximum absolute atomic E-state index is 12.3. The fourth-order valence-corrected chi connectivity index (χ4v) is 2.50. The summed E-state index contributed by atoms with van der Waals surface area (Å²) in [4.78, 5) is 20.4. The summed E-state index contributed by atoms with van der Waals surface area (Å²) in [5.74, 6) is 0.458. The van der Waals surface area contributed by atoms with E-state index >= 15 is 0 Å². The van der Waals surface area contributed by atoms with Crippen LogP contribution < -0.4 is 0 Å². The summed E-state index contributed by atoms with van der Waals surface area (Å²) < 4.78 is 7.10. The van der Waals surface area contributed by atoms with Gasteiger partial charge in [-0.3, -0.25) is 14.4 Å². The molecule has 0 unspecified atom stereocenters. The second-order valence-electron chi connectivity index (χ2n) is 5.23. The third-order valence-corrected chi connectivity index (χ3v) is 3.83. The topological polar surface area (TPSA) is 67.4 Å². The largest absolute Gasteiger partial charge is 0.459 e. The van der Waals surface area contributed by atoms with E-state index < -0.39 is 0 Å². The number of rotatable bonds is 4. The highest BCUT2D eigenvalue weighted by molar-refractivity contribution is 5.92. The summed E-state index contributed by atoms with van der Waals surface area (Å²) in [5, 5.41) is 4.09. The van der Waals surface area contributed by atoms with Crippen LogP contribution in [-0.2, 0) is 6.54 Å². The molecule has 1 aliphatic heterocycles. The summed E-state index contributed by atoms with van der Waals surface area (Å²) in [7, 11) is 0. The number of carbonyl (C=O) groups excluding carboxylic acids is 1. The molecule has 2 aromatic rings. The number of aryl methyl sites for hydroxylation is 1. The molecular formula is C14H19N5O2. The van der Waals surface area contributed by atoms with Crippen molar-refractivity contribution in [2.75, 3.05) is 32.7 Å². The molecule has 1 amide bonds. The van der Waals surface area contributed by atoms with Crippen LogP contribution in [0.1, 0.15) is 16.1 Å². The van der Waals surface area contributed by atoms with E-state index in [1.807, 2.05) is 22.6 Å². The van der Waals surface area contributed by atoms with Crippen LogP contribution in [-0.4, -0.2) is 63.2 Å². The Morgan fingerprint density at radius 3 is 2.71 bits per heavy atom. The molecule has 0 aliphatic carbocycles. The molecule has 7 nitrogen and oxygen atoms in total. The Bertz CT molecular complexity index is 584. The van der Waals surface area contributed by atoms with Gasteiger partial charge in [0, 0.05) is 38.3 Å². The summed E-state index contributed by atoms with van der Waals surface area (Å²) in [6.45, 7) is 6.86. The lowest BCUT2D eigenvalue weighted by Crippen LogP contribution is -2.49. The molecule has 0 aromatic carbocycles. The van der Waals surface area contributed by atoms with Crippen LogP contribution in [0.4, 0.5) is 0 Å². The molecule has 112 valence electrons. The van der Waals surface area contributed by atoms with E-state index in [4.69, 9.17) is 4.42 Å². The van der Waals surface area contributed by atoms with E-state index in [-0.39, 0.29) is 5.91 Å². The molecule has 1 fully saturated rings. The van der Waals surface area contributed by atoms with Crippen LogP contribution in [0.3, 0.4) is 0 Å². The predicted octanol–water partition coefficient (Wildman–Crippen LogP) is 0.638. The smallest absolute Gasteiger partial charge is 0.289 e. The first-order valence-corrected chi connectivity index (χ1v) is 7.12. The van der Waals surface area contributed by atoms with Gasteiger partial charge in [-0.1, -0.05) is 0 Å². The van der Waals surface area contributed by atoms with Crippen molar-refractivity contribution in [2.45, 2.75) is 13.5 Å². The third kappa shape index (κ3) is 3.13. The lowest BCUT2D eigenvalue weighted by Gasteiger charge is -2.34. The zero-order valence-electron chi connectivity index (χ0n) is 12.1. The summed E-state index contributed by atoms with van der Waals surface area (Å²) in [6.07, 6.45) is 4.83. The molecule has 0 N–H and O–H groups in total. The predicted molar refractivity (Wildman–Crippen MR) is 75.8 cm³/mol. The van der Waals surface area contributed by atoms with E-state index in [1.165, 1.54) is 0 Å². The highest BCUT2D eigenvalue weighted by Gasteiger charge is 2.24. The van der Waals surface area contributed by atoms with Gasteiger partial charge >= 0.3 is 0 Å². The lowest BCUT2D eigenvalue weighted by atomic mass is 10.2. The van der Waals surface area contributed by atoms with Crippen LogP contribution in [0.5, 0.6) is 0 Å². The number of aromatic nitrogens is 3. The fraction of sp³-hybridized carbons (Fsp3) is 0.500. The quantitative estimate of drug-likeness (QED) is 0.826. The number of carbonyl (C=O) groups is 1. The molecule has 2 aromatic heterocycles. The van der Waals surface area contributed by atoms with Crippen molar-refractivity contribution in [2.24, 2.45) is 0 Å². The maximum Gasteiger partial charge on any atom is 0.289 e. The molecule has 1 saturated heterocycles. The molecule has 7 heteroatoms. The summed E-state index contributed by atoms with van der Waals surface area (Å²) in [5.41, 5.74) is 0.897. The SMILES string of the molecule is Cc1ccoc1C(=O)N1CCN(CCn2cncn2)CC1. The normalized spacial score (nSPS) is 16.3. The summed E-state index contributed by atoms with van der Waals surface area (Å²) >= 11 is 0. The highest BCUT2D eigenvalue weighted by Crippen LogP contribution is 2.13. The van der Waals surface area contributed by atoms with Crippen molar-refractivity contribution in [1.29, 1.82) is 0 Å². The van der Waals surface area contributed by atoms with Crippen molar-refractivity contribution < 1.29 is 9.21 Å². The first kappa shape index (κ1) is 13.8. The van der Waals surface area contributed by atoms with Gasteiger partial charge in [0.05, 0.1) is 12.8 Å². The first-order chi connectivity index (χ1) is 10.2. The summed E-state index contributed by atoms with van der Waals surface area (Å²) in [6, 6.07) is 1.82. The van der Waals surface area contributed by atoms with E-state index in [1.54, 1.807) is 18.9 Å². The second-order valence-corrected chi connectivity index (χ2v) is 5.23. The number of furan rings is 1. The molecule has 0 bridgehead atoms. The molecule has 0 atom stereocenters. The fourth-order valence-electron chi connectivity index (χ4n) is 2.50. The Morgan fingerprint density at radius 2 is 2.10 bits per heavy atom. The maximum atomic E-state index is 12.3. The van der Waals surface area contributed by atoms with Crippen LogP contribution >= 0.6 is 0 Å². The Morgan fingerprint density at radius 1 is 1.29 bits per heavy atom. The van der Waals surface area contributed by atoms with E-state index in [0.717, 1.165) is 44.8 Å². The molecule has 0 saturated carbocycles. The molecule has 0 spiro atoms. The average molecular weight is 289 g/mol. The van der Waals surface area contributed by atoms with Gasteiger partial charge in [0.2, 0.25) is 0 Å². The van der Waals surface area contributed by atoms with Crippen molar-refractivity contribution in [3.05, 3.63) is 36.3 Å². The molecule has 0 radical (unpaired) electrons. The van der Waals surface area contributed by atoms with Gasteiger partial charge in [0.25, 0.3) is 5.91 Å². The zero-order chi connectivity index (χ0) is 14.7. The Kier molecular flexibility index (Phi) is 4.01. The average Bonchev–Trinajstić information content (AvgIpc) is 3.16. The minimum atomic E-state index is -0.00609. The van der Waals surface area contributed by atoms with Crippen LogP contribution in [0.2, 0.25) is 0 Å². The molecule has 21 heavy (non-hydrogen) atoms. The van der Waals surface area contributed by atoms with Crippen LogP contribution in [0, 0.1) is 6.92 Å². The molecular weight excluding hydrogens is 270 g/mol. The Hall–Kier alpha value is -2.15. The van der Waals surface area contributed by atoms with E-state index in [0.29, 0.717) is 5.76 Å². The molecule has 3 heterocycles. The van der Waals surface area contributed by atoms with E-state index in [9.17, 15) is 4.79 Å².